The minimum absolute atomic E-state index is 0.0174. The molecule has 2 aromatic heterocycles. The summed E-state index contributed by atoms with van der Waals surface area (Å²) >= 11 is 0. The molecule has 0 radical (unpaired) electrons. The van der Waals surface area contributed by atoms with Crippen molar-refractivity contribution in [3.63, 3.8) is 0 Å². The average Bonchev–Trinajstić information content (AvgIpc) is 3.09. The van der Waals surface area contributed by atoms with Gasteiger partial charge in [0.1, 0.15) is 6.61 Å². The fourth-order valence-electron chi connectivity index (χ4n) is 3.20. The lowest BCUT2D eigenvalue weighted by Crippen LogP contribution is -2.21. The third-order valence-electron chi connectivity index (χ3n) is 4.50. The van der Waals surface area contributed by atoms with Gasteiger partial charge >= 0.3 is 0 Å². The lowest BCUT2D eigenvalue weighted by atomic mass is 10.0. The Morgan fingerprint density at radius 1 is 1.21 bits per heavy atom. The Morgan fingerprint density at radius 3 is 2.71 bits per heavy atom. The van der Waals surface area contributed by atoms with E-state index in [-0.39, 0.29) is 24.6 Å². The minimum atomic E-state index is 0.0174. The van der Waals surface area contributed by atoms with E-state index in [4.69, 9.17) is 15.2 Å². The molecular weight excluding hydrogens is 358 g/mol. The van der Waals surface area contributed by atoms with Crippen molar-refractivity contribution in [2.24, 2.45) is 5.92 Å². The van der Waals surface area contributed by atoms with Crippen LogP contribution < -0.4 is 10.5 Å². The Balaban J connectivity index is 1.78. The van der Waals surface area contributed by atoms with Crippen LogP contribution in [-0.4, -0.2) is 43.9 Å². The van der Waals surface area contributed by atoms with Crippen molar-refractivity contribution >= 4 is 17.1 Å². The Hall–Kier alpha value is -2.71. The molecule has 1 unspecified atom stereocenters. The molecular formula is C20H27N5O3. The number of imidazole rings is 1. The molecule has 2 atom stereocenters. The van der Waals surface area contributed by atoms with Crippen LogP contribution in [0.5, 0.6) is 5.88 Å². The third kappa shape index (κ3) is 4.96. The molecule has 0 aliphatic heterocycles. The molecule has 0 bridgehead atoms. The number of nitrogens with zero attached hydrogens (tertiary/aromatic N) is 4. The van der Waals surface area contributed by atoms with E-state index < -0.39 is 0 Å². The average molecular weight is 385 g/mol. The van der Waals surface area contributed by atoms with Crippen LogP contribution in [0, 0.1) is 5.92 Å². The van der Waals surface area contributed by atoms with Gasteiger partial charge in [-0.05, 0) is 25.8 Å². The van der Waals surface area contributed by atoms with Crippen LogP contribution in [0.25, 0.3) is 11.2 Å². The van der Waals surface area contributed by atoms with Crippen LogP contribution in [0.3, 0.4) is 0 Å². The Morgan fingerprint density at radius 2 is 2.00 bits per heavy atom. The lowest BCUT2D eigenvalue weighted by molar-refractivity contribution is 0.0457. The molecule has 0 aliphatic carbocycles. The van der Waals surface area contributed by atoms with Gasteiger partial charge in [0, 0.05) is 25.7 Å². The topological polar surface area (TPSA) is 108 Å². The SMILES string of the molecule is CCOC(C)C[C@@H](CO)Cn1cnc2c(OCc3ccccc3)nc(N)nc21. The quantitative estimate of drug-likeness (QED) is 0.552. The molecule has 3 N–H and O–H groups in total. The van der Waals surface area contributed by atoms with E-state index in [1.54, 1.807) is 6.33 Å². The van der Waals surface area contributed by atoms with E-state index in [9.17, 15) is 5.11 Å². The highest BCUT2D eigenvalue weighted by Gasteiger charge is 2.18. The van der Waals surface area contributed by atoms with Crippen molar-refractivity contribution in [1.29, 1.82) is 0 Å². The molecule has 8 nitrogen and oxygen atoms in total. The summed E-state index contributed by atoms with van der Waals surface area (Å²) in [5.74, 6) is 0.498. The monoisotopic (exact) mass is 385 g/mol. The van der Waals surface area contributed by atoms with Crippen molar-refractivity contribution in [2.45, 2.75) is 39.5 Å². The number of rotatable bonds is 10. The zero-order valence-electron chi connectivity index (χ0n) is 16.3. The molecule has 0 saturated carbocycles. The molecule has 0 fully saturated rings. The van der Waals surface area contributed by atoms with Gasteiger partial charge in [0.15, 0.2) is 11.2 Å². The van der Waals surface area contributed by atoms with Crippen LogP contribution in [0.15, 0.2) is 36.7 Å². The van der Waals surface area contributed by atoms with Crippen molar-refractivity contribution in [1.82, 2.24) is 19.5 Å². The first-order valence-corrected chi connectivity index (χ1v) is 9.48. The Labute approximate surface area is 164 Å². The standard InChI is InChI=1S/C20H27N5O3/c1-3-27-14(2)9-16(11-26)10-25-13-22-17-18(25)23-20(21)24-19(17)28-12-15-7-5-4-6-8-15/h4-8,13-14,16,26H,3,9-12H2,1-2H3,(H2,21,23,24)/t14?,16-/m1/s1. The highest BCUT2D eigenvalue weighted by molar-refractivity contribution is 5.77. The number of benzene rings is 1. The predicted molar refractivity (Wildman–Crippen MR) is 107 cm³/mol. The molecule has 2 heterocycles. The molecule has 0 spiro atoms. The summed E-state index contributed by atoms with van der Waals surface area (Å²) in [5, 5.41) is 9.76. The van der Waals surface area contributed by atoms with E-state index in [1.807, 2.05) is 48.7 Å². The summed E-state index contributed by atoms with van der Waals surface area (Å²) in [7, 11) is 0. The van der Waals surface area contributed by atoms with Crippen molar-refractivity contribution < 1.29 is 14.6 Å². The van der Waals surface area contributed by atoms with Crippen molar-refractivity contribution in [3.05, 3.63) is 42.2 Å². The number of anilines is 1. The first-order chi connectivity index (χ1) is 13.6. The van der Waals surface area contributed by atoms with Crippen LogP contribution in [0.1, 0.15) is 25.8 Å². The second-order valence-electron chi connectivity index (χ2n) is 6.78. The molecule has 0 aliphatic rings. The maximum atomic E-state index is 9.76. The van der Waals surface area contributed by atoms with Crippen LogP contribution in [0.4, 0.5) is 5.95 Å². The molecule has 3 aromatic rings. The van der Waals surface area contributed by atoms with E-state index >= 15 is 0 Å². The number of aliphatic hydroxyl groups is 1. The van der Waals surface area contributed by atoms with Crippen LogP contribution in [0.2, 0.25) is 0 Å². The summed E-state index contributed by atoms with van der Waals surface area (Å²) in [5.41, 5.74) is 8.07. The maximum Gasteiger partial charge on any atom is 0.247 e. The summed E-state index contributed by atoms with van der Waals surface area (Å²) < 4.78 is 13.3. The molecule has 150 valence electrons. The summed E-state index contributed by atoms with van der Waals surface area (Å²) in [4.78, 5) is 12.9. The van der Waals surface area contributed by atoms with Crippen LogP contribution in [-0.2, 0) is 17.9 Å². The number of ether oxygens (including phenoxy) is 2. The fourth-order valence-corrected chi connectivity index (χ4v) is 3.20. The first kappa shape index (κ1) is 20.0. The number of nitrogen functional groups attached to an aromatic ring is 1. The Bertz CT molecular complexity index is 884. The van der Waals surface area contributed by atoms with Gasteiger partial charge in [0.25, 0.3) is 0 Å². The molecule has 3 rings (SSSR count). The summed E-state index contributed by atoms with van der Waals surface area (Å²) in [6, 6.07) is 9.82. The fraction of sp³-hybridized carbons (Fsp3) is 0.450. The number of aromatic nitrogens is 4. The van der Waals surface area contributed by atoms with E-state index in [0.717, 1.165) is 12.0 Å². The molecule has 0 amide bonds. The second kappa shape index (κ2) is 9.48. The second-order valence-corrected chi connectivity index (χ2v) is 6.78. The minimum Gasteiger partial charge on any atom is -0.471 e. The van der Waals surface area contributed by atoms with E-state index in [2.05, 4.69) is 15.0 Å². The summed E-state index contributed by atoms with van der Waals surface area (Å²) in [6.07, 6.45) is 2.49. The largest absolute Gasteiger partial charge is 0.471 e. The lowest BCUT2D eigenvalue weighted by Gasteiger charge is -2.19. The Kier molecular flexibility index (Phi) is 6.78. The molecule has 1 aromatic carbocycles. The number of hydrogen-bond donors (Lipinski definition) is 2. The van der Waals surface area contributed by atoms with Gasteiger partial charge in [-0.25, -0.2) is 4.98 Å². The first-order valence-electron chi connectivity index (χ1n) is 9.48. The van der Waals surface area contributed by atoms with Crippen molar-refractivity contribution in [2.75, 3.05) is 18.9 Å². The zero-order valence-corrected chi connectivity index (χ0v) is 16.3. The number of nitrogens with two attached hydrogens (primary N) is 1. The number of hydrogen-bond acceptors (Lipinski definition) is 7. The van der Waals surface area contributed by atoms with Gasteiger partial charge in [-0.15, -0.1) is 0 Å². The van der Waals surface area contributed by atoms with Gasteiger partial charge in [0.05, 0.1) is 12.4 Å². The predicted octanol–water partition coefficient (Wildman–Crippen LogP) is 2.41. The number of aliphatic hydroxyl groups excluding tert-OH is 1. The highest BCUT2D eigenvalue weighted by atomic mass is 16.5. The van der Waals surface area contributed by atoms with Gasteiger partial charge in [-0.1, -0.05) is 30.3 Å². The molecule has 8 heteroatoms. The normalized spacial score (nSPS) is 13.5. The van der Waals surface area contributed by atoms with E-state index in [0.29, 0.717) is 36.8 Å². The third-order valence-corrected chi connectivity index (χ3v) is 4.50. The zero-order chi connectivity index (χ0) is 19.9. The van der Waals surface area contributed by atoms with Crippen molar-refractivity contribution in [3.8, 4) is 5.88 Å². The molecule has 0 saturated heterocycles. The molecule has 28 heavy (non-hydrogen) atoms. The van der Waals surface area contributed by atoms with E-state index in [1.165, 1.54) is 0 Å². The summed E-state index contributed by atoms with van der Waals surface area (Å²) in [6.45, 7) is 5.59. The smallest absolute Gasteiger partial charge is 0.247 e. The van der Waals surface area contributed by atoms with Crippen LogP contribution >= 0.6 is 0 Å². The van der Waals surface area contributed by atoms with Gasteiger partial charge < -0.3 is 24.9 Å². The number of fused-ring (bicyclic) bond motifs is 1. The van der Waals surface area contributed by atoms with Gasteiger partial charge in [-0.3, -0.25) is 0 Å². The highest BCUT2D eigenvalue weighted by Crippen LogP contribution is 2.24. The van der Waals surface area contributed by atoms with Gasteiger partial charge in [-0.2, -0.15) is 9.97 Å². The maximum absolute atomic E-state index is 9.76. The van der Waals surface area contributed by atoms with Gasteiger partial charge in [0.2, 0.25) is 11.8 Å².